The molecule has 6 nitrogen and oxygen atoms in total. The molecule has 2 rings (SSSR count). The van der Waals surface area contributed by atoms with Crippen LogP contribution in [-0.4, -0.2) is 37.2 Å². The minimum Gasteiger partial charge on any atom is -0.455 e. The first kappa shape index (κ1) is 15.4. The lowest BCUT2D eigenvalue weighted by molar-refractivity contribution is -0.151. The van der Waals surface area contributed by atoms with E-state index in [-0.39, 0.29) is 18.9 Å². The van der Waals surface area contributed by atoms with Crippen LogP contribution in [0.5, 0.6) is 0 Å². The second-order valence-electron chi connectivity index (χ2n) is 4.68. The van der Waals surface area contributed by atoms with E-state index in [2.05, 4.69) is 0 Å². The van der Waals surface area contributed by atoms with Crippen molar-refractivity contribution in [1.29, 1.82) is 0 Å². The van der Waals surface area contributed by atoms with Crippen molar-refractivity contribution in [2.24, 2.45) is 11.7 Å². The Kier molecular flexibility index (Phi) is 4.85. The summed E-state index contributed by atoms with van der Waals surface area (Å²) in [6.45, 7) is -0.195. The number of rotatable bonds is 5. The monoisotopic (exact) mass is 308 g/mol. The standard InChI is InChI=1S/C14H16N2O4S/c1-21-11-4-2-3-10(6-11)16-7-9(5-13(16)18)14(19)20-8-12(15)17/h2-4,6,9H,5,7-8H2,1H3,(H2,15,17)/t9-/m0/s1. The van der Waals surface area contributed by atoms with Crippen molar-refractivity contribution in [2.45, 2.75) is 11.3 Å². The van der Waals surface area contributed by atoms with Crippen LogP contribution in [-0.2, 0) is 19.1 Å². The molecule has 0 saturated carbocycles. The Morgan fingerprint density at radius 2 is 2.24 bits per heavy atom. The number of nitrogens with zero attached hydrogens (tertiary/aromatic N) is 1. The van der Waals surface area contributed by atoms with E-state index >= 15 is 0 Å². The zero-order chi connectivity index (χ0) is 15.4. The van der Waals surface area contributed by atoms with Crippen molar-refractivity contribution in [3.8, 4) is 0 Å². The quantitative estimate of drug-likeness (QED) is 0.641. The Balaban J connectivity index is 2.05. The molecule has 1 aromatic carbocycles. The molecular formula is C14H16N2O4S. The summed E-state index contributed by atoms with van der Waals surface area (Å²) in [6, 6.07) is 7.55. The first-order valence-corrected chi connectivity index (χ1v) is 7.63. The largest absolute Gasteiger partial charge is 0.455 e. The van der Waals surface area contributed by atoms with Gasteiger partial charge in [0.25, 0.3) is 5.91 Å². The van der Waals surface area contributed by atoms with E-state index in [0.29, 0.717) is 0 Å². The third-order valence-corrected chi connectivity index (χ3v) is 3.91. The summed E-state index contributed by atoms with van der Waals surface area (Å²) >= 11 is 1.58. The molecule has 112 valence electrons. The summed E-state index contributed by atoms with van der Waals surface area (Å²) in [7, 11) is 0. The van der Waals surface area contributed by atoms with Gasteiger partial charge in [-0.25, -0.2) is 0 Å². The highest BCUT2D eigenvalue weighted by Gasteiger charge is 2.36. The molecule has 1 atom stereocenters. The van der Waals surface area contributed by atoms with Gasteiger partial charge in [0.1, 0.15) is 0 Å². The number of anilines is 1. The minimum atomic E-state index is -0.711. The van der Waals surface area contributed by atoms with E-state index in [4.69, 9.17) is 10.5 Å². The molecule has 1 fully saturated rings. The summed E-state index contributed by atoms with van der Waals surface area (Å²) in [4.78, 5) is 37.0. The maximum absolute atomic E-state index is 12.0. The first-order valence-electron chi connectivity index (χ1n) is 6.40. The van der Waals surface area contributed by atoms with E-state index in [0.717, 1.165) is 10.6 Å². The predicted molar refractivity (Wildman–Crippen MR) is 78.8 cm³/mol. The van der Waals surface area contributed by atoms with Crippen LogP contribution in [0.15, 0.2) is 29.2 Å². The number of carbonyl (C=O) groups is 3. The molecule has 0 aliphatic carbocycles. The molecule has 7 heteroatoms. The molecule has 2 N–H and O–H groups in total. The highest BCUT2D eigenvalue weighted by molar-refractivity contribution is 7.98. The van der Waals surface area contributed by atoms with Gasteiger partial charge in [0, 0.05) is 23.5 Å². The molecule has 1 saturated heterocycles. The molecule has 0 unspecified atom stereocenters. The molecule has 2 amide bonds. The molecule has 1 aliphatic heterocycles. The third-order valence-electron chi connectivity index (χ3n) is 3.18. The number of primary amides is 1. The van der Waals surface area contributed by atoms with Gasteiger partial charge in [0.15, 0.2) is 6.61 Å². The fourth-order valence-electron chi connectivity index (χ4n) is 2.15. The average Bonchev–Trinajstić information content (AvgIpc) is 2.87. The van der Waals surface area contributed by atoms with Crippen LogP contribution in [0.25, 0.3) is 0 Å². The second-order valence-corrected chi connectivity index (χ2v) is 5.56. The molecule has 0 spiro atoms. The maximum atomic E-state index is 12.0. The van der Waals surface area contributed by atoms with Crippen molar-refractivity contribution in [1.82, 2.24) is 0 Å². The predicted octanol–water partition coefficient (Wildman–Crippen LogP) is 0.790. The van der Waals surface area contributed by atoms with Crippen LogP contribution >= 0.6 is 11.8 Å². The molecule has 1 aliphatic rings. The van der Waals surface area contributed by atoms with Gasteiger partial charge in [-0.2, -0.15) is 0 Å². The normalized spacial score (nSPS) is 17.9. The van der Waals surface area contributed by atoms with Crippen LogP contribution < -0.4 is 10.6 Å². The molecule has 0 aromatic heterocycles. The van der Waals surface area contributed by atoms with Gasteiger partial charge in [-0.3, -0.25) is 14.4 Å². The van der Waals surface area contributed by atoms with E-state index in [1.165, 1.54) is 0 Å². The van der Waals surface area contributed by atoms with Crippen molar-refractivity contribution in [3.63, 3.8) is 0 Å². The summed E-state index contributed by atoms with van der Waals surface area (Å²) in [5.74, 6) is -1.97. The Morgan fingerprint density at radius 1 is 1.48 bits per heavy atom. The lowest BCUT2D eigenvalue weighted by Gasteiger charge is -2.17. The van der Waals surface area contributed by atoms with Crippen molar-refractivity contribution >= 4 is 35.2 Å². The number of thioether (sulfide) groups is 1. The maximum Gasteiger partial charge on any atom is 0.311 e. The van der Waals surface area contributed by atoms with E-state index < -0.39 is 24.4 Å². The van der Waals surface area contributed by atoms with Crippen molar-refractivity contribution in [2.75, 3.05) is 24.3 Å². The number of amides is 2. The fourth-order valence-corrected chi connectivity index (χ4v) is 2.61. The molecular weight excluding hydrogens is 292 g/mol. The van der Waals surface area contributed by atoms with Crippen LogP contribution in [0.3, 0.4) is 0 Å². The Labute approximate surface area is 126 Å². The van der Waals surface area contributed by atoms with E-state index in [1.807, 2.05) is 30.5 Å². The molecule has 0 bridgehead atoms. The molecule has 1 heterocycles. The zero-order valence-electron chi connectivity index (χ0n) is 11.6. The van der Waals surface area contributed by atoms with Gasteiger partial charge in [-0.1, -0.05) is 6.07 Å². The number of hydrogen-bond acceptors (Lipinski definition) is 5. The summed E-state index contributed by atoms with van der Waals surface area (Å²) < 4.78 is 4.77. The molecule has 21 heavy (non-hydrogen) atoms. The smallest absolute Gasteiger partial charge is 0.311 e. The number of benzene rings is 1. The van der Waals surface area contributed by atoms with Crippen molar-refractivity contribution in [3.05, 3.63) is 24.3 Å². The van der Waals surface area contributed by atoms with Gasteiger partial charge >= 0.3 is 5.97 Å². The summed E-state index contributed by atoms with van der Waals surface area (Å²) in [6.07, 6.45) is 2.04. The van der Waals surface area contributed by atoms with Gasteiger partial charge in [-0.05, 0) is 24.5 Å². The van der Waals surface area contributed by atoms with Crippen LogP contribution in [0.2, 0.25) is 0 Å². The van der Waals surface area contributed by atoms with Crippen LogP contribution in [0.4, 0.5) is 5.69 Å². The highest BCUT2D eigenvalue weighted by Crippen LogP contribution is 2.28. The van der Waals surface area contributed by atoms with Gasteiger partial charge in [0.05, 0.1) is 5.92 Å². The molecule has 0 radical (unpaired) electrons. The minimum absolute atomic E-state index is 0.0844. The zero-order valence-corrected chi connectivity index (χ0v) is 12.4. The fraction of sp³-hybridized carbons (Fsp3) is 0.357. The average molecular weight is 308 g/mol. The van der Waals surface area contributed by atoms with Crippen LogP contribution in [0, 0.1) is 5.92 Å². The summed E-state index contributed by atoms with van der Waals surface area (Å²) in [5.41, 5.74) is 5.68. The number of nitrogens with two attached hydrogens (primary N) is 1. The number of esters is 1. The van der Waals surface area contributed by atoms with Gasteiger partial charge in [0.2, 0.25) is 5.91 Å². The Bertz CT molecular complexity index is 576. The molecule has 1 aromatic rings. The van der Waals surface area contributed by atoms with Crippen molar-refractivity contribution < 1.29 is 19.1 Å². The Morgan fingerprint density at radius 3 is 2.90 bits per heavy atom. The Hall–Kier alpha value is -2.02. The lowest BCUT2D eigenvalue weighted by atomic mass is 10.1. The lowest BCUT2D eigenvalue weighted by Crippen LogP contribution is -2.28. The second kappa shape index (κ2) is 6.62. The highest BCUT2D eigenvalue weighted by atomic mass is 32.2. The van der Waals surface area contributed by atoms with Crippen LogP contribution in [0.1, 0.15) is 6.42 Å². The number of carbonyl (C=O) groups excluding carboxylic acids is 3. The number of hydrogen-bond donors (Lipinski definition) is 1. The first-order chi connectivity index (χ1) is 10.0. The summed E-state index contributed by atoms with van der Waals surface area (Å²) in [5, 5.41) is 0. The van der Waals surface area contributed by atoms with Gasteiger partial charge in [-0.15, -0.1) is 11.8 Å². The SMILES string of the molecule is CSc1cccc(N2C[C@@H](C(=O)OCC(N)=O)CC2=O)c1. The van der Waals surface area contributed by atoms with E-state index in [1.54, 1.807) is 16.7 Å². The third kappa shape index (κ3) is 3.75. The van der Waals surface area contributed by atoms with Gasteiger partial charge < -0.3 is 15.4 Å². The van der Waals surface area contributed by atoms with E-state index in [9.17, 15) is 14.4 Å². The topological polar surface area (TPSA) is 89.7 Å². The number of ether oxygens (including phenoxy) is 1.